The van der Waals surface area contributed by atoms with E-state index in [-0.39, 0.29) is 0 Å². The highest BCUT2D eigenvalue weighted by Gasteiger charge is 2.18. The quantitative estimate of drug-likeness (QED) is 0.706. The largest absolute Gasteiger partial charge is 0.377 e. The number of anilines is 1. The van der Waals surface area contributed by atoms with Gasteiger partial charge in [0.05, 0.1) is 27.1 Å². The van der Waals surface area contributed by atoms with Crippen molar-refractivity contribution in [1.29, 1.82) is 5.26 Å². The van der Waals surface area contributed by atoms with Crippen LogP contribution >= 0.6 is 34.5 Å². The molecule has 4 nitrogen and oxygen atoms in total. The highest BCUT2D eigenvalue weighted by Crippen LogP contribution is 2.47. The normalized spacial score (nSPS) is 11.8. The molecule has 0 fully saturated rings. The molecule has 0 atom stereocenters. The van der Waals surface area contributed by atoms with Crippen LogP contribution in [0.5, 0.6) is 0 Å². The molecule has 1 aliphatic heterocycles. The van der Waals surface area contributed by atoms with Gasteiger partial charge in [-0.25, -0.2) is 0 Å². The summed E-state index contributed by atoms with van der Waals surface area (Å²) in [5.41, 5.74) is 2.03. The van der Waals surface area contributed by atoms with E-state index in [1.54, 1.807) is 12.1 Å². The van der Waals surface area contributed by atoms with Crippen LogP contribution in [0, 0.1) is 11.3 Å². The monoisotopic (exact) mass is 340 g/mol. The third kappa shape index (κ3) is 2.45. The Balaban J connectivity index is 1.87. The van der Waals surface area contributed by atoms with Gasteiger partial charge in [0.15, 0.2) is 0 Å². The second-order valence-corrected chi connectivity index (χ2v) is 6.42. The summed E-state index contributed by atoms with van der Waals surface area (Å²) in [6.07, 6.45) is 0. The molecule has 20 heavy (non-hydrogen) atoms. The van der Waals surface area contributed by atoms with Gasteiger partial charge in [-0.05, 0) is 18.2 Å². The van der Waals surface area contributed by atoms with E-state index in [2.05, 4.69) is 20.1 Å². The zero-order valence-corrected chi connectivity index (χ0v) is 13.0. The Morgan fingerprint density at radius 1 is 1.20 bits per heavy atom. The van der Waals surface area contributed by atoms with Crippen LogP contribution in [-0.4, -0.2) is 0 Å². The molecule has 100 valence electrons. The topological polar surface area (TPSA) is 60.5 Å². The minimum absolute atomic E-state index is 0.493. The fourth-order valence-corrected chi connectivity index (χ4v) is 3.67. The van der Waals surface area contributed by atoms with E-state index in [4.69, 9.17) is 28.5 Å². The smallest absolute Gasteiger partial charge is 0.130 e. The van der Waals surface area contributed by atoms with Crippen molar-refractivity contribution in [2.45, 2.75) is 6.54 Å². The number of halogens is 2. The van der Waals surface area contributed by atoms with E-state index in [1.165, 1.54) is 11.3 Å². The average molecular weight is 341 g/mol. The third-order valence-corrected chi connectivity index (χ3v) is 4.76. The molecule has 0 unspecified atom stereocenters. The van der Waals surface area contributed by atoms with Gasteiger partial charge in [-0.3, -0.25) is 0 Å². The molecule has 0 amide bonds. The van der Waals surface area contributed by atoms with Crippen molar-refractivity contribution in [3.8, 4) is 6.07 Å². The molecule has 0 saturated carbocycles. The molecular formula is C12H6Cl2N4S2. The number of nitriles is 1. The first-order chi connectivity index (χ1) is 9.69. The predicted molar refractivity (Wildman–Crippen MR) is 84.4 cm³/mol. The maximum absolute atomic E-state index is 8.81. The van der Waals surface area contributed by atoms with Crippen LogP contribution in [0.25, 0.3) is 0 Å². The molecule has 1 aromatic heterocycles. The summed E-state index contributed by atoms with van der Waals surface area (Å²) in [6, 6.07) is 7.48. The molecular weight excluding hydrogens is 335 g/mol. The first-order valence-corrected chi connectivity index (χ1v) is 7.82. The molecule has 1 aliphatic rings. The Bertz CT molecular complexity index is 801. The van der Waals surface area contributed by atoms with E-state index in [1.807, 2.05) is 6.07 Å². The molecule has 0 bridgehead atoms. The Morgan fingerprint density at radius 3 is 2.75 bits per heavy atom. The number of fused-ring (bicyclic) bond motifs is 1. The van der Waals surface area contributed by atoms with Gasteiger partial charge >= 0.3 is 0 Å². The second kappa shape index (κ2) is 5.54. The molecule has 2 aromatic rings. The van der Waals surface area contributed by atoms with E-state index >= 15 is 0 Å². The van der Waals surface area contributed by atoms with Gasteiger partial charge in [-0.15, -0.1) is 11.3 Å². The molecule has 0 radical (unpaired) electrons. The van der Waals surface area contributed by atoms with Crippen molar-refractivity contribution in [3.05, 3.63) is 38.0 Å². The number of thiophene rings is 1. The molecule has 0 spiro atoms. The number of rotatable bonds is 3. The standard InChI is InChI=1S/C12H6Cl2N4S2/c13-8-3-9(14)11-12(18-20-17-11)10(8)16-5-7-2-1-6(4-15)19-7/h1-3,16H,5H2. The maximum atomic E-state index is 8.81. The van der Waals surface area contributed by atoms with Gasteiger partial charge in [0, 0.05) is 11.4 Å². The van der Waals surface area contributed by atoms with Crippen LogP contribution in [0.4, 0.5) is 17.1 Å². The van der Waals surface area contributed by atoms with Crippen LogP contribution in [-0.2, 0) is 17.9 Å². The van der Waals surface area contributed by atoms with Gasteiger partial charge in [0.2, 0.25) is 0 Å². The van der Waals surface area contributed by atoms with Crippen molar-refractivity contribution >= 4 is 63.0 Å². The minimum atomic E-state index is 0.493. The van der Waals surface area contributed by atoms with Crippen molar-refractivity contribution < 1.29 is 0 Å². The molecule has 0 aliphatic carbocycles. The van der Waals surface area contributed by atoms with E-state index in [9.17, 15) is 0 Å². The SMILES string of the molecule is N#Cc1ccc(CNc2c(Cl)cc(Cl)c3c2N=S=N3)s1. The maximum Gasteiger partial charge on any atom is 0.130 e. The highest BCUT2D eigenvalue weighted by molar-refractivity contribution is 7.58. The molecule has 2 heterocycles. The number of hydrogen-bond donors (Lipinski definition) is 1. The first kappa shape index (κ1) is 13.6. The summed E-state index contributed by atoms with van der Waals surface area (Å²) >= 11 is 14.8. The van der Waals surface area contributed by atoms with Crippen molar-refractivity contribution in [2.24, 2.45) is 8.73 Å². The third-order valence-electron chi connectivity index (χ3n) is 2.66. The van der Waals surface area contributed by atoms with E-state index in [0.29, 0.717) is 38.5 Å². The average Bonchev–Trinajstić information content (AvgIpc) is 3.06. The molecule has 1 N–H and O–H groups in total. The number of nitrogens with zero attached hydrogens (tertiary/aromatic N) is 3. The van der Waals surface area contributed by atoms with Gasteiger partial charge in [-0.1, -0.05) is 23.2 Å². The fraction of sp³-hybridized carbons (Fsp3) is 0.0833. The molecule has 1 aromatic carbocycles. The summed E-state index contributed by atoms with van der Waals surface area (Å²) in [5, 5.41) is 13.0. The number of nitrogens with one attached hydrogen (secondary N) is 1. The Kier molecular flexibility index (Phi) is 3.76. The second-order valence-electron chi connectivity index (χ2n) is 3.91. The van der Waals surface area contributed by atoms with Crippen LogP contribution in [0.15, 0.2) is 26.9 Å². The van der Waals surface area contributed by atoms with Crippen LogP contribution in [0.1, 0.15) is 9.75 Å². The Morgan fingerprint density at radius 2 is 2.00 bits per heavy atom. The predicted octanol–water partition coefficient (Wildman–Crippen LogP) is 5.27. The molecule has 3 rings (SSSR count). The summed E-state index contributed by atoms with van der Waals surface area (Å²) in [4.78, 5) is 1.73. The van der Waals surface area contributed by atoms with Crippen molar-refractivity contribution in [2.75, 3.05) is 5.32 Å². The summed E-state index contributed by atoms with van der Waals surface area (Å²) in [5.74, 6) is 0. The lowest BCUT2D eigenvalue weighted by Crippen LogP contribution is -1.98. The van der Waals surface area contributed by atoms with Gasteiger partial charge in [-0.2, -0.15) is 14.0 Å². The summed E-state index contributed by atoms with van der Waals surface area (Å²) in [6.45, 7) is 0.570. The zero-order valence-electron chi connectivity index (χ0n) is 9.85. The first-order valence-electron chi connectivity index (χ1n) is 5.52. The van der Waals surface area contributed by atoms with Crippen molar-refractivity contribution in [1.82, 2.24) is 0 Å². The van der Waals surface area contributed by atoms with E-state index < -0.39 is 0 Å². The lowest BCUT2D eigenvalue weighted by Gasteiger charge is -2.11. The van der Waals surface area contributed by atoms with Crippen LogP contribution in [0.3, 0.4) is 0 Å². The van der Waals surface area contributed by atoms with Crippen molar-refractivity contribution in [3.63, 3.8) is 0 Å². The Labute approximate surface area is 132 Å². The van der Waals surface area contributed by atoms with Gasteiger partial charge in [0.1, 0.15) is 22.3 Å². The van der Waals surface area contributed by atoms with Gasteiger partial charge < -0.3 is 5.32 Å². The minimum Gasteiger partial charge on any atom is -0.377 e. The number of benzene rings is 1. The molecule has 0 saturated heterocycles. The molecule has 8 heteroatoms. The van der Waals surface area contributed by atoms with Gasteiger partial charge in [0.25, 0.3) is 0 Å². The fourth-order valence-electron chi connectivity index (χ4n) is 1.75. The zero-order chi connectivity index (χ0) is 14.1. The van der Waals surface area contributed by atoms with Crippen LogP contribution < -0.4 is 5.32 Å². The Hall–Kier alpha value is -1.39. The number of hydrogen-bond acceptors (Lipinski definition) is 5. The van der Waals surface area contributed by atoms with Crippen LogP contribution in [0.2, 0.25) is 10.0 Å². The summed E-state index contributed by atoms with van der Waals surface area (Å²) in [7, 11) is 0. The van der Waals surface area contributed by atoms with E-state index in [0.717, 1.165) is 16.2 Å². The lowest BCUT2D eigenvalue weighted by atomic mass is 10.2. The highest BCUT2D eigenvalue weighted by atomic mass is 35.5. The lowest BCUT2D eigenvalue weighted by molar-refractivity contribution is 1.19. The summed E-state index contributed by atoms with van der Waals surface area (Å²) < 4.78 is 8.38.